The van der Waals surface area contributed by atoms with E-state index in [1.54, 1.807) is 30.3 Å². The number of ketones is 2. The van der Waals surface area contributed by atoms with Crippen molar-refractivity contribution in [3.05, 3.63) is 94.5 Å². The number of halogens is 2. The summed E-state index contributed by atoms with van der Waals surface area (Å²) in [6, 6.07) is 15.3. The van der Waals surface area contributed by atoms with E-state index in [1.807, 2.05) is 0 Å². The second-order valence-electron chi connectivity index (χ2n) is 14.1. The summed E-state index contributed by atoms with van der Waals surface area (Å²) < 4.78 is 27.5. The predicted octanol–water partition coefficient (Wildman–Crippen LogP) is 4.86. The summed E-state index contributed by atoms with van der Waals surface area (Å²) in [5.41, 5.74) is 1.70. The average Bonchev–Trinajstić information content (AvgIpc) is 3.59. The lowest BCUT2D eigenvalue weighted by molar-refractivity contribution is -0.136. The van der Waals surface area contributed by atoms with Gasteiger partial charge in [0, 0.05) is 62.3 Å². The Kier molecular flexibility index (Phi) is 11.6. The molecule has 0 aliphatic carbocycles. The molecule has 0 bridgehead atoms. The maximum Gasteiger partial charge on any atom is 0.270 e. The molecule has 0 saturated carbocycles. The second-order valence-corrected chi connectivity index (χ2v) is 14.1. The summed E-state index contributed by atoms with van der Waals surface area (Å²) in [6.45, 7) is 2.27. The molecule has 3 heterocycles. The number of hydrazone groups is 1. The number of hydrogen-bond donors (Lipinski definition) is 2. The third kappa shape index (κ3) is 9.07. The third-order valence-electron chi connectivity index (χ3n) is 9.70. The number of anilines is 2. The van der Waals surface area contributed by atoms with Crippen molar-refractivity contribution >= 4 is 64.1 Å². The van der Waals surface area contributed by atoms with Gasteiger partial charge in [0.25, 0.3) is 23.6 Å². The molecule has 0 aromatic heterocycles. The maximum absolute atomic E-state index is 13.8. The van der Waals surface area contributed by atoms with Crippen molar-refractivity contribution in [2.24, 2.45) is 11.0 Å². The molecule has 6 amide bonds. The van der Waals surface area contributed by atoms with Crippen molar-refractivity contribution in [2.45, 2.75) is 77.2 Å². The van der Waals surface area contributed by atoms with Crippen LogP contribution in [0.3, 0.4) is 0 Å². The first-order valence-corrected chi connectivity index (χ1v) is 18.3. The number of imide groups is 2. The van der Waals surface area contributed by atoms with Crippen LogP contribution in [0.15, 0.2) is 71.8 Å². The fourth-order valence-corrected chi connectivity index (χ4v) is 6.77. The average molecular weight is 778 g/mol. The van der Waals surface area contributed by atoms with Crippen LogP contribution in [0.4, 0.5) is 20.2 Å². The lowest BCUT2D eigenvalue weighted by Crippen LogP contribution is -2.54. The van der Waals surface area contributed by atoms with Crippen LogP contribution in [-0.4, -0.2) is 63.7 Å². The normalized spacial score (nSPS) is 17.8. The number of rotatable bonds is 13. The molecule has 6 rings (SSSR count). The Hall–Kier alpha value is -6.69. The molecule has 2 N–H and O–H groups in total. The summed E-state index contributed by atoms with van der Waals surface area (Å²) in [5, 5.41) is 10.0. The van der Waals surface area contributed by atoms with Gasteiger partial charge in [-0.2, -0.15) is 10.1 Å². The summed E-state index contributed by atoms with van der Waals surface area (Å²) >= 11 is 0. The number of benzene rings is 3. The molecule has 3 aliphatic heterocycles. The van der Waals surface area contributed by atoms with Gasteiger partial charge in [-0.05, 0) is 67.8 Å². The number of amides is 6. The van der Waals surface area contributed by atoms with Crippen molar-refractivity contribution < 1.29 is 47.1 Å². The van der Waals surface area contributed by atoms with Crippen LogP contribution in [0.1, 0.15) is 96.2 Å². The topological polar surface area (TPSA) is 179 Å². The van der Waals surface area contributed by atoms with E-state index < -0.39 is 53.3 Å². The standard InChI is InChI=1S/C42H37F2N5O8/c1-24-36(38(54)45-28-11-6-10-27(23-28)42(2,43)44)41(57)49(47-24)29-12-5-9-25(20-29)8-3-4-13-30(50)14-7-15-31(51)21-26-16-17-32-33(22-26)40(56)48(39(32)55)34-18-19-35(52)46-37(34)53/h5-6,9-12,16-17,20,22-23,34,36H,4,7,13-15,18-19,21H2,1-2H3,(H,45,54)(H,46,52,53). The number of hydrogen-bond acceptors (Lipinski definition) is 9. The molecule has 3 aliphatic rings. The Morgan fingerprint density at radius 1 is 0.912 bits per heavy atom. The molecular weight excluding hydrogens is 740 g/mol. The fourth-order valence-electron chi connectivity index (χ4n) is 6.77. The van der Waals surface area contributed by atoms with Crippen molar-refractivity contribution in [2.75, 3.05) is 10.3 Å². The third-order valence-corrected chi connectivity index (χ3v) is 9.70. The maximum atomic E-state index is 13.8. The lowest BCUT2D eigenvalue weighted by atomic mass is 9.99. The molecular formula is C42H37F2N5O8. The molecule has 13 nitrogen and oxygen atoms in total. The Bertz CT molecular complexity index is 2320. The summed E-state index contributed by atoms with van der Waals surface area (Å²) in [5.74, 6) is -2.48. The number of Topliss-reactive ketones (excluding diaryl/α,β-unsaturated/α-hetero) is 2. The van der Waals surface area contributed by atoms with Crippen molar-refractivity contribution in [1.82, 2.24) is 10.2 Å². The highest BCUT2D eigenvalue weighted by Gasteiger charge is 2.45. The molecule has 3 aromatic carbocycles. The van der Waals surface area contributed by atoms with Crippen LogP contribution < -0.4 is 15.6 Å². The van der Waals surface area contributed by atoms with Gasteiger partial charge in [-0.1, -0.05) is 36.1 Å². The highest BCUT2D eigenvalue weighted by Crippen LogP contribution is 2.31. The van der Waals surface area contributed by atoms with Gasteiger partial charge in [0.2, 0.25) is 17.7 Å². The first kappa shape index (κ1) is 40.0. The van der Waals surface area contributed by atoms with E-state index in [9.17, 15) is 47.1 Å². The zero-order valence-corrected chi connectivity index (χ0v) is 31.0. The quantitative estimate of drug-likeness (QED) is 0.140. The first-order chi connectivity index (χ1) is 27.1. The minimum Gasteiger partial charge on any atom is -0.325 e. The molecule has 0 radical (unpaired) electrons. The van der Waals surface area contributed by atoms with Gasteiger partial charge >= 0.3 is 0 Å². The zero-order chi connectivity index (χ0) is 41.0. The summed E-state index contributed by atoms with van der Waals surface area (Å²) in [4.78, 5) is 102. The van der Waals surface area contributed by atoms with E-state index in [4.69, 9.17) is 0 Å². The smallest absolute Gasteiger partial charge is 0.270 e. The van der Waals surface area contributed by atoms with E-state index in [1.165, 1.54) is 37.3 Å². The lowest BCUT2D eigenvalue weighted by Gasteiger charge is -2.27. The minimum absolute atomic E-state index is 0.00848. The Balaban J connectivity index is 0.945. The first-order valence-electron chi connectivity index (χ1n) is 18.3. The van der Waals surface area contributed by atoms with Gasteiger partial charge < -0.3 is 5.32 Å². The van der Waals surface area contributed by atoms with Crippen LogP contribution in [-0.2, 0) is 41.1 Å². The summed E-state index contributed by atoms with van der Waals surface area (Å²) in [6.07, 6.45) is 1.07. The highest BCUT2D eigenvalue weighted by atomic mass is 19.3. The number of fused-ring (bicyclic) bond motifs is 1. The Labute approximate surface area is 325 Å². The number of carbonyl (C=O) groups is 8. The SMILES string of the molecule is CC1=NN(c2cccc(C#CCCC(=O)CCCC(=O)Cc3ccc4c(c3)C(=O)N(C3CCC(=O)NC3=O)C4=O)c2)C(=O)C1C(=O)Nc1cccc(C(C)(F)F)c1. The number of carbonyl (C=O) groups excluding carboxylic acids is 8. The number of alkyl halides is 2. The monoisotopic (exact) mass is 777 g/mol. The molecule has 2 atom stereocenters. The molecule has 1 fully saturated rings. The fraction of sp³-hybridized carbons (Fsp3) is 0.310. The molecule has 3 aromatic rings. The van der Waals surface area contributed by atoms with Crippen molar-refractivity contribution in [3.8, 4) is 11.8 Å². The predicted molar refractivity (Wildman–Crippen MR) is 202 cm³/mol. The number of nitrogens with one attached hydrogen (secondary N) is 2. The summed E-state index contributed by atoms with van der Waals surface area (Å²) in [7, 11) is 0. The van der Waals surface area contributed by atoms with Crippen LogP contribution in [0.25, 0.3) is 0 Å². The van der Waals surface area contributed by atoms with Gasteiger partial charge in [0.05, 0.1) is 22.5 Å². The Morgan fingerprint density at radius 3 is 2.40 bits per heavy atom. The largest absolute Gasteiger partial charge is 0.325 e. The van der Waals surface area contributed by atoms with Gasteiger partial charge in [-0.25, -0.2) is 8.78 Å². The number of nitrogens with zero attached hydrogens (tertiary/aromatic N) is 3. The van der Waals surface area contributed by atoms with E-state index in [2.05, 4.69) is 27.6 Å². The van der Waals surface area contributed by atoms with Crippen LogP contribution in [0.2, 0.25) is 0 Å². The molecule has 2 unspecified atom stereocenters. The van der Waals surface area contributed by atoms with Gasteiger partial charge in [-0.15, -0.1) is 0 Å². The van der Waals surface area contributed by atoms with Crippen LogP contribution in [0, 0.1) is 17.8 Å². The van der Waals surface area contributed by atoms with Crippen molar-refractivity contribution in [3.63, 3.8) is 0 Å². The second kappa shape index (κ2) is 16.6. The van der Waals surface area contributed by atoms with Crippen LogP contribution in [0.5, 0.6) is 0 Å². The van der Waals surface area contributed by atoms with Gasteiger partial charge in [0.15, 0.2) is 5.92 Å². The van der Waals surface area contributed by atoms with Gasteiger partial charge in [0.1, 0.15) is 17.6 Å². The number of piperidine rings is 1. The van der Waals surface area contributed by atoms with Crippen molar-refractivity contribution in [1.29, 1.82) is 0 Å². The minimum atomic E-state index is -3.11. The molecule has 292 valence electrons. The van der Waals surface area contributed by atoms with Gasteiger partial charge in [-0.3, -0.25) is 48.6 Å². The Morgan fingerprint density at radius 2 is 1.65 bits per heavy atom. The van der Waals surface area contributed by atoms with E-state index in [0.29, 0.717) is 23.2 Å². The molecule has 57 heavy (non-hydrogen) atoms. The molecule has 1 saturated heterocycles. The van der Waals surface area contributed by atoms with E-state index in [-0.39, 0.29) is 84.6 Å². The highest BCUT2D eigenvalue weighted by molar-refractivity contribution is 6.29. The van der Waals surface area contributed by atoms with Crippen LogP contribution >= 0.6 is 0 Å². The zero-order valence-electron chi connectivity index (χ0n) is 31.0. The molecule has 0 spiro atoms. The van der Waals surface area contributed by atoms with E-state index in [0.717, 1.165) is 22.9 Å². The molecule has 15 heteroatoms. The van der Waals surface area contributed by atoms with E-state index >= 15 is 0 Å².